The minimum Gasteiger partial charge on any atom is -0.0843 e. The molecule has 0 aromatic heterocycles. The van der Waals surface area contributed by atoms with Crippen molar-refractivity contribution in [3.63, 3.8) is 0 Å². The Balaban J connectivity index is 2.64. The molecule has 0 aliphatic carbocycles. The van der Waals surface area contributed by atoms with Crippen molar-refractivity contribution in [3.8, 4) is 11.1 Å². The summed E-state index contributed by atoms with van der Waals surface area (Å²) in [5, 5.41) is 2.10. The van der Waals surface area contributed by atoms with Gasteiger partial charge in [0.1, 0.15) is 0 Å². The second-order valence-corrected chi connectivity index (χ2v) is 4.92. The van der Waals surface area contributed by atoms with Gasteiger partial charge in [-0.2, -0.15) is 0 Å². The molecule has 0 saturated carbocycles. The minimum absolute atomic E-state index is 0.434. The van der Waals surface area contributed by atoms with Gasteiger partial charge in [0.05, 0.1) is 10.0 Å². The van der Waals surface area contributed by atoms with Gasteiger partial charge in [0.15, 0.2) is 0 Å². The predicted octanol–water partition coefficient (Wildman–Crippen LogP) is 5.97. The fourth-order valence-electron chi connectivity index (χ4n) is 1.42. The number of rotatable bonds is 1. The number of hydrogen-bond acceptors (Lipinski definition) is 0. The first-order valence-electron chi connectivity index (χ1n) is 4.48. The molecule has 2 aromatic carbocycles. The van der Waals surface area contributed by atoms with E-state index < -0.39 is 0 Å². The fourth-order valence-corrected chi connectivity index (χ4v) is 2.32. The van der Waals surface area contributed by atoms with Crippen LogP contribution in [-0.4, -0.2) is 0 Å². The maximum atomic E-state index is 6.12. The van der Waals surface area contributed by atoms with Crippen LogP contribution in [0.4, 0.5) is 0 Å². The van der Waals surface area contributed by atoms with Crippen LogP contribution in [0.1, 0.15) is 0 Å². The molecular weight excluding hydrogens is 286 g/mol. The van der Waals surface area contributed by atoms with E-state index >= 15 is 0 Å². The summed E-state index contributed by atoms with van der Waals surface area (Å²) < 4.78 is 0. The minimum atomic E-state index is 0.434. The molecule has 0 nitrogen and oxygen atoms in total. The van der Waals surface area contributed by atoms with Gasteiger partial charge in [0, 0.05) is 15.6 Å². The van der Waals surface area contributed by atoms with Gasteiger partial charge in [-0.25, -0.2) is 0 Å². The lowest BCUT2D eigenvalue weighted by molar-refractivity contribution is 1.61. The fraction of sp³-hybridized carbons (Fsp3) is 0. The average Bonchev–Trinajstić information content (AvgIpc) is 2.23. The van der Waals surface area contributed by atoms with E-state index in [1.807, 2.05) is 18.2 Å². The molecule has 0 fully saturated rings. The smallest absolute Gasteiger partial charge is 0.0671 e. The van der Waals surface area contributed by atoms with E-state index in [9.17, 15) is 0 Å². The second kappa shape index (κ2) is 4.85. The summed E-state index contributed by atoms with van der Waals surface area (Å²) in [6.45, 7) is 0. The van der Waals surface area contributed by atoms with Crippen LogP contribution in [0.25, 0.3) is 11.1 Å². The van der Waals surface area contributed by atoms with E-state index in [1.54, 1.807) is 18.2 Å². The average molecular weight is 292 g/mol. The van der Waals surface area contributed by atoms with Crippen LogP contribution >= 0.6 is 46.4 Å². The zero-order chi connectivity index (χ0) is 11.7. The van der Waals surface area contributed by atoms with Gasteiger partial charge in [0.2, 0.25) is 0 Å². The maximum absolute atomic E-state index is 6.12. The van der Waals surface area contributed by atoms with Crippen molar-refractivity contribution in [1.82, 2.24) is 0 Å². The van der Waals surface area contributed by atoms with Gasteiger partial charge in [0.25, 0.3) is 0 Å². The van der Waals surface area contributed by atoms with Gasteiger partial charge in [-0.15, -0.1) is 0 Å². The highest BCUT2D eigenvalue weighted by Crippen LogP contribution is 2.36. The van der Waals surface area contributed by atoms with Crippen molar-refractivity contribution < 1.29 is 0 Å². The van der Waals surface area contributed by atoms with Crippen LogP contribution in [-0.2, 0) is 0 Å². The Labute approximate surface area is 114 Å². The summed E-state index contributed by atoms with van der Waals surface area (Å²) in [7, 11) is 0. The van der Waals surface area contributed by atoms with Gasteiger partial charge >= 0.3 is 0 Å². The normalized spacial score (nSPS) is 10.5. The highest BCUT2D eigenvalue weighted by atomic mass is 35.5. The van der Waals surface area contributed by atoms with Gasteiger partial charge in [-0.1, -0.05) is 58.5 Å². The van der Waals surface area contributed by atoms with Crippen molar-refractivity contribution in [2.45, 2.75) is 0 Å². The Morgan fingerprint density at radius 3 is 2.19 bits per heavy atom. The van der Waals surface area contributed by atoms with Crippen LogP contribution < -0.4 is 0 Å². The molecule has 0 spiro atoms. The largest absolute Gasteiger partial charge is 0.0843 e. The quantitative estimate of drug-likeness (QED) is 0.568. The highest BCUT2D eigenvalue weighted by Gasteiger charge is 2.09. The summed E-state index contributed by atoms with van der Waals surface area (Å²) >= 11 is 23.9. The molecule has 0 saturated heterocycles. The van der Waals surface area contributed by atoms with Crippen LogP contribution in [0.15, 0.2) is 36.4 Å². The summed E-state index contributed by atoms with van der Waals surface area (Å²) in [4.78, 5) is 0. The molecule has 0 radical (unpaired) electrons. The predicted molar refractivity (Wildman–Crippen MR) is 71.9 cm³/mol. The third kappa shape index (κ3) is 2.46. The lowest BCUT2D eigenvalue weighted by Gasteiger charge is -2.07. The van der Waals surface area contributed by atoms with Crippen molar-refractivity contribution in [3.05, 3.63) is 56.5 Å². The monoisotopic (exact) mass is 290 g/mol. The second-order valence-electron chi connectivity index (χ2n) is 3.26. The number of hydrogen-bond donors (Lipinski definition) is 0. The lowest BCUT2D eigenvalue weighted by atomic mass is 10.1. The van der Waals surface area contributed by atoms with E-state index in [1.165, 1.54) is 0 Å². The molecule has 16 heavy (non-hydrogen) atoms. The Morgan fingerprint density at radius 2 is 1.50 bits per heavy atom. The summed E-state index contributed by atoms with van der Waals surface area (Å²) in [5.74, 6) is 0. The van der Waals surface area contributed by atoms with Gasteiger partial charge < -0.3 is 0 Å². The van der Waals surface area contributed by atoms with E-state index in [0.717, 1.165) is 11.1 Å². The summed E-state index contributed by atoms with van der Waals surface area (Å²) in [6, 6.07) is 10.7. The first-order chi connectivity index (χ1) is 7.58. The zero-order valence-corrected chi connectivity index (χ0v) is 11.0. The molecule has 0 aliphatic heterocycles. The molecule has 0 heterocycles. The van der Waals surface area contributed by atoms with Crippen LogP contribution in [0.3, 0.4) is 0 Å². The molecule has 0 N–H and O–H groups in total. The van der Waals surface area contributed by atoms with Crippen molar-refractivity contribution in [2.75, 3.05) is 0 Å². The molecule has 0 aliphatic rings. The Hall–Kier alpha value is -0.400. The van der Waals surface area contributed by atoms with E-state index in [4.69, 9.17) is 46.4 Å². The van der Waals surface area contributed by atoms with Crippen molar-refractivity contribution in [1.29, 1.82) is 0 Å². The maximum Gasteiger partial charge on any atom is 0.0671 e. The Morgan fingerprint density at radius 1 is 0.750 bits per heavy atom. The van der Waals surface area contributed by atoms with Crippen LogP contribution in [0.2, 0.25) is 20.1 Å². The molecule has 0 atom stereocenters. The first-order valence-corrected chi connectivity index (χ1v) is 5.99. The number of benzene rings is 2. The van der Waals surface area contributed by atoms with Crippen LogP contribution in [0, 0.1) is 0 Å². The van der Waals surface area contributed by atoms with Crippen molar-refractivity contribution >= 4 is 46.4 Å². The van der Waals surface area contributed by atoms with Crippen molar-refractivity contribution in [2.24, 2.45) is 0 Å². The van der Waals surface area contributed by atoms with E-state index in [0.29, 0.717) is 20.1 Å². The lowest BCUT2D eigenvalue weighted by Crippen LogP contribution is -1.81. The molecule has 2 rings (SSSR count). The zero-order valence-electron chi connectivity index (χ0n) is 7.98. The third-order valence-corrected chi connectivity index (χ3v) is 3.38. The SMILES string of the molecule is Clc1cccc(-c2cc(Cl)cc(Cl)c2Cl)c1. The third-order valence-electron chi connectivity index (χ3n) is 2.13. The number of halogens is 4. The summed E-state index contributed by atoms with van der Waals surface area (Å²) in [6.07, 6.45) is 0. The molecule has 82 valence electrons. The van der Waals surface area contributed by atoms with Gasteiger partial charge in [-0.05, 0) is 29.8 Å². The Bertz CT molecular complexity index is 535. The molecule has 2 aromatic rings. The molecular formula is C12H6Cl4. The molecule has 0 bridgehead atoms. The standard InChI is InChI=1S/C12H6Cl4/c13-8-3-1-2-7(4-8)10-5-9(14)6-11(15)12(10)16/h1-6H. The molecule has 0 amide bonds. The molecule has 0 unspecified atom stereocenters. The topological polar surface area (TPSA) is 0 Å². The highest BCUT2D eigenvalue weighted by molar-refractivity contribution is 6.45. The Kier molecular flexibility index (Phi) is 3.66. The molecule has 4 heteroatoms. The van der Waals surface area contributed by atoms with Gasteiger partial charge in [-0.3, -0.25) is 0 Å². The first kappa shape index (κ1) is 12.1. The summed E-state index contributed by atoms with van der Waals surface area (Å²) in [5.41, 5.74) is 1.67. The van der Waals surface area contributed by atoms with E-state index in [2.05, 4.69) is 0 Å². The van der Waals surface area contributed by atoms with Crippen LogP contribution in [0.5, 0.6) is 0 Å². The van der Waals surface area contributed by atoms with E-state index in [-0.39, 0.29) is 0 Å².